The molecule has 0 amide bonds. The van der Waals surface area contributed by atoms with E-state index in [1.54, 1.807) is 25.6 Å². The van der Waals surface area contributed by atoms with Crippen molar-refractivity contribution in [3.63, 3.8) is 0 Å². The monoisotopic (exact) mass is 208 g/mol. The molecule has 2 nitrogen and oxygen atoms in total. The van der Waals surface area contributed by atoms with E-state index >= 15 is 0 Å². The lowest BCUT2D eigenvalue weighted by molar-refractivity contribution is 0.356. The standard InChI is InChI=1S/C11H12O2S/c1-7-4-8-5-9(12-2)10(13-3)6-11(8)14-7/h4-6H,1-3H3. The molecular weight excluding hydrogens is 196 g/mol. The summed E-state index contributed by atoms with van der Waals surface area (Å²) in [7, 11) is 3.31. The van der Waals surface area contributed by atoms with E-state index in [-0.39, 0.29) is 0 Å². The third-order valence-electron chi connectivity index (χ3n) is 2.15. The molecule has 0 bridgehead atoms. The molecule has 1 aromatic heterocycles. The number of methoxy groups -OCH3 is 2. The molecule has 0 aliphatic carbocycles. The lowest BCUT2D eigenvalue weighted by Crippen LogP contribution is -1.89. The van der Waals surface area contributed by atoms with Crippen LogP contribution in [0.1, 0.15) is 4.88 Å². The van der Waals surface area contributed by atoms with Crippen LogP contribution in [0.25, 0.3) is 10.1 Å². The Hall–Kier alpha value is -1.22. The fraction of sp³-hybridized carbons (Fsp3) is 0.273. The van der Waals surface area contributed by atoms with Crippen molar-refractivity contribution >= 4 is 21.4 Å². The molecule has 0 unspecified atom stereocenters. The van der Waals surface area contributed by atoms with Crippen LogP contribution in [0.15, 0.2) is 18.2 Å². The maximum Gasteiger partial charge on any atom is 0.162 e. The van der Waals surface area contributed by atoms with Gasteiger partial charge in [0.1, 0.15) is 0 Å². The third-order valence-corrected chi connectivity index (χ3v) is 3.16. The second kappa shape index (κ2) is 3.50. The van der Waals surface area contributed by atoms with Crippen molar-refractivity contribution in [2.45, 2.75) is 6.92 Å². The highest BCUT2D eigenvalue weighted by molar-refractivity contribution is 7.19. The number of aryl methyl sites for hydroxylation is 1. The first-order valence-electron chi connectivity index (χ1n) is 4.37. The molecular formula is C11H12O2S. The van der Waals surface area contributed by atoms with Crippen LogP contribution >= 0.6 is 11.3 Å². The topological polar surface area (TPSA) is 18.5 Å². The van der Waals surface area contributed by atoms with Crippen LogP contribution in [0.4, 0.5) is 0 Å². The number of fused-ring (bicyclic) bond motifs is 1. The summed E-state index contributed by atoms with van der Waals surface area (Å²) in [5.74, 6) is 1.58. The Labute approximate surface area is 87.1 Å². The van der Waals surface area contributed by atoms with Gasteiger partial charge in [-0.1, -0.05) is 0 Å². The van der Waals surface area contributed by atoms with E-state index in [9.17, 15) is 0 Å². The van der Waals surface area contributed by atoms with Gasteiger partial charge in [-0.3, -0.25) is 0 Å². The largest absolute Gasteiger partial charge is 0.493 e. The Morgan fingerprint density at radius 3 is 2.29 bits per heavy atom. The smallest absolute Gasteiger partial charge is 0.162 e. The Balaban J connectivity index is 2.68. The molecule has 0 aliphatic heterocycles. The van der Waals surface area contributed by atoms with E-state index in [0.717, 1.165) is 11.5 Å². The van der Waals surface area contributed by atoms with E-state index < -0.39 is 0 Å². The van der Waals surface area contributed by atoms with Crippen LogP contribution in [0.2, 0.25) is 0 Å². The highest BCUT2D eigenvalue weighted by Gasteiger charge is 2.07. The fourth-order valence-electron chi connectivity index (χ4n) is 1.50. The average molecular weight is 208 g/mol. The summed E-state index contributed by atoms with van der Waals surface area (Å²) < 4.78 is 11.7. The second-order valence-electron chi connectivity index (χ2n) is 3.10. The molecule has 14 heavy (non-hydrogen) atoms. The van der Waals surface area contributed by atoms with Gasteiger partial charge in [-0.05, 0) is 24.4 Å². The van der Waals surface area contributed by atoms with E-state index in [1.807, 2.05) is 12.1 Å². The molecule has 0 aliphatic rings. The minimum atomic E-state index is 0.790. The number of benzene rings is 1. The summed E-state index contributed by atoms with van der Waals surface area (Å²) in [6, 6.07) is 6.19. The van der Waals surface area contributed by atoms with Crippen molar-refractivity contribution in [1.29, 1.82) is 0 Å². The first-order chi connectivity index (χ1) is 6.74. The van der Waals surface area contributed by atoms with Gasteiger partial charge in [-0.2, -0.15) is 0 Å². The summed E-state index contributed by atoms with van der Waals surface area (Å²) in [4.78, 5) is 1.30. The van der Waals surface area contributed by atoms with Crippen LogP contribution in [-0.4, -0.2) is 14.2 Å². The van der Waals surface area contributed by atoms with Crippen LogP contribution in [-0.2, 0) is 0 Å². The zero-order chi connectivity index (χ0) is 10.1. The van der Waals surface area contributed by atoms with Gasteiger partial charge in [0.2, 0.25) is 0 Å². The predicted octanol–water partition coefficient (Wildman–Crippen LogP) is 3.23. The van der Waals surface area contributed by atoms with Crippen molar-refractivity contribution in [3.05, 3.63) is 23.1 Å². The number of hydrogen-bond acceptors (Lipinski definition) is 3. The van der Waals surface area contributed by atoms with E-state index in [1.165, 1.54) is 15.0 Å². The van der Waals surface area contributed by atoms with Crippen molar-refractivity contribution in [2.24, 2.45) is 0 Å². The van der Waals surface area contributed by atoms with Crippen LogP contribution < -0.4 is 9.47 Å². The molecule has 2 aromatic rings. The van der Waals surface area contributed by atoms with Gasteiger partial charge in [0.05, 0.1) is 14.2 Å². The zero-order valence-corrected chi connectivity index (χ0v) is 9.27. The summed E-state index contributed by atoms with van der Waals surface area (Å²) in [6.07, 6.45) is 0. The molecule has 0 N–H and O–H groups in total. The minimum absolute atomic E-state index is 0.790. The molecule has 1 heterocycles. The average Bonchev–Trinajstić information content (AvgIpc) is 2.54. The zero-order valence-electron chi connectivity index (χ0n) is 8.46. The van der Waals surface area contributed by atoms with Crippen LogP contribution in [0.3, 0.4) is 0 Å². The van der Waals surface area contributed by atoms with Crippen molar-refractivity contribution < 1.29 is 9.47 Å². The highest BCUT2D eigenvalue weighted by Crippen LogP contribution is 2.35. The van der Waals surface area contributed by atoms with Crippen molar-refractivity contribution in [1.82, 2.24) is 0 Å². The third kappa shape index (κ3) is 1.44. The number of rotatable bonds is 2. The molecule has 0 radical (unpaired) electrons. The van der Waals surface area contributed by atoms with E-state index in [4.69, 9.17) is 9.47 Å². The van der Waals surface area contributed by atoms with Crippen molar-refractivity contribution in [3.8, 4) is 11.5 Å². The SMILES string of the molecule is COc1cc2cc(C)sc2cc1OC. The Kier molecular flexibility index (Phi) is 2.33. The molecule has 3 heteroatoms. The van der Waals surface area contributed by atoms with Crippen LogP contribution in [0.5, 0.6) is 11.5 Å². The molecule has 1 aromatic carbocycles. The Bertz CT molecular complexity index is 419. The highest BCUT2D eigenvalue weighted by atomic mass is 32.1. The summed E-state index contributed by atoms with van der Waals surface area (Å²) >= 11 is 1.77. The summed E-state index contributed by atoms with van der Waals surface area (Å²) in [5, 5.41) is 1.21. The first-order valence-corrected chi connectivity index (χ1v) is 5.18. The normalized spacial score (nSPS) is 10.5. The first kappa shape index (κ1) is 9.34. The summed E-state index contributed by atoms with van der Waals surface area (Å²) in [5.41, 5.74) is 0. The maximum atomic E-state index is 5.24. The number of thiophene rings is 1. The van der Waals surface area contributed by atoms with Gasteiger partial charge in [-0.15, -0.1) is 11.3 Å². The van der Waals surface area contributed by atoms with Crippen LogP contribution in [0, 0.1) is 6.92 Å². The Morgan fingerprint density at radius 1 is 1.00 bits per heavy atom. The summed E-state index contributed by atoms with van der Waals surface area (Å²) in [6.45, 7) is 2.10. The molecule has 0 spiro atoms. The molecule has 0 atom stereocenters. The lowest BCUT2D eigenvalue weighted by atomic mass is 10.2. The molecule has 0 saturated heterocycles. The van der Waals surface area contributed by atoms with Gasteiger partial charge in [0, 0.05) is 15.6 Å². The molecule has 0 saturated carbocycles. The van der Waals surface area contributed by atoms with Gasteiger partial charge in [-0.25, -0.2) is 0 Å². The molecule has 74 valence electrons. The van der Waals surface area contributed by atoms with E-state index in [0.29, 0.717) is 0 Å². The second-order valence-corrected chi connectivity index (χ2v) is 4.39. The number of hydrogen-bond donors (Lipinski definition) is 0. The van der Waals surface area contributed by atoms with Crippen molar-refractivity contribution in [2.75, 3.05) is 14.2 Å². The Morgan fingerprint density at radius 2 is 1.64 bits per heavy atom. The van der Waals surface area contributed by atoms with Gasteiger partial charge >= 0.3 is 0 Å². The quantitative estimate of drug-likeness (QED) is 0.754. The van der Waals surface area contributed by atoms with Gasteiger partial charge in [0.25, 0.3) is 0 Å². The fourth-order valence-corrected chi connectivity index (χ4v) is 2.43. The lowest BCUT2D eigenvalue weighted by Gasteiger charge is -2.06. The van der Waals surface area contributed by atoms with Gasteiger partial charge in [0.15, 0.2) is 11.5 Å². The number of ether oxygens (including phenoxy) is 2. The minimum Gasteiger partial charge on any atom is -0.493 e. The molecule has 0 fully saturated rings. The molecule has 2 rings (SSSR count). The predicted molar refractivity (Wildman–Crippen MR) is 59.7 cm³/mol. The van der Waals surface area contributed by atoms with Gasteiger partial charge < -0.3 is 9.47 Å². The maximum absolute atomic E-state index is 5.24. The van der Waals surface area contributed by atoms with E-state index in [2.05, 4.69) is 13.0 Å².